The van der Waals surface area contributed by atoms with Crippen LogP contribution in [0.2, 0.25) is 5.02 Å². The Bertz CT molecular complexity index is 1050. The van der Waals surface area contributed by atoms with Crippen molar-refractivity contribution in [3.05, 3.63) is 70.0 Å². The zero-order chi connectivity index (χ0) is 20.5. The van der Waals surface area contributed by atoms with Crippen molar-refractivity contribution in [1.82, 2.24) is 19.9 Å². The summed E-state index contributed by atoms with van der Waals surface area (Å²) in [6.07, 6.45) is 0. The number of benzene rings is 2. The predicted molar refractivity (Wildman–Crippen MR) is 115 cm³/mol. The van der Waals surface area contributed by atoms with Gasteiger partial charge in [-0.3, -0.25) is 4.79 Å². The molecule has 1 fully saturated rings. The molecule has 0 spiro atoms. The van der Waals surface area contributed by atoms with Crippen molar-refractivity contribution >= 4 is 23.2 Å². The molecule has 6 nitrogen and oxygen atoms in total. The van der Waals surface area contributed by atoms with Gasteiger partial charge in [-0.1, -0.05) is 35.4 Å². The second-order valence-electron chi connectivity index (χ2n) is 7.47. The Balaban J connectivity index is 1.49. The summed E-state index contributed by atoms with van der Waals surface area (Å²) >= 11 is 6.10. The zero-order valence-electron chi connectivity index (χ0n) is 16.9. The molecule has 7 heteroatoms. The third-order valence-corrected chi connectivity index (χ3v) is 5.53. The smallest absolute Gasteiger partial charge is 0.276 e. The van der Waals surface area contributed by atoms with E-state index in [-0.39, 0.29) is 5.91 Å². The summed E-state index contributed by atoms with van der Waals surface area (Å²) in [5.41, 5.74) is 5.30. The third-order valence-electron chi connectivity index (χ3n) is 5.29. The van der Waals surface area contributed by atoms with Crippen LogP contribution in [0, 0.1) is 20.8 Å². The van der Waals surface area contributed by atoms with E-state index in [1.807, 2.05) is 55.1 Å². The van der Waals surface area contributed by atoms with E-state index in [2.05, 4.69) is 28.1 Å². The van der Waals surface area contributed by atoms with E-state index in [1.54, 1.807) is 4.80 Å². The van der Waals surface area contributed by atoms with E-state index >= 15 is 0 Å². The number of piperazine rings is 1. The van der Waals surface area contributed by atoms with Crippen LogP contribution in [0.4, 0.5) is 5.69 Å². The van der Waals surface area contributed by atoms with Crippen molar-refractivity contribution in [2.75, 3.05) is 31.1 Å². The maximum atomic E-state index is 13.1. The van der Waals surface area contributed by atoms with Gasteiger partial charge in [-0.25, -0.2) is 0 Å². The SMILES string of the molecule is Cc1ccc(-n2nc(C)c(C(=O)N3CCN(c4cccc(Cl)c4)CC3)n2)c(C)c1. The molecule has 0 unspecified atom stereocenters. The van der Waals surface area contributed by atoms with Crippen LogP contribution in [0.15, 0.2) is 42.5 Å². The predicted octanol–water partition coefficient (Wildman–Crippen LogP) is 3.81. The molecule has 0 N–H and O–H groups in total. The van der Waals surface area contributed by atoms with E-state index in [0.29, 0.717) is 24.5 Å². The number of hydrogen-bond acceptors (Lipinski definition) is 4. The normalized spacial score (nSPS) is 14.3. The van der Waals surface area contributed by atoms with Gasteiger partial charge in [-0.2, -0.15) is 9.90 Å². The Morgan fingerprint density at radius 2 is 1.72 bits per heavy atom. The molecule has 1 aromatic heterocycles. The average molecular weight is 410 g/mol. The molecule has 0 atom stereocenters. The summed E-state index contributed by atoms with van der Waals surface area (Å²) in [4.78, 5) is 18.7. The number of nitrogens with zero attached hydrogens (tertiary/aromatic N) is 5. The highest BCUT2D eigenvalue weighted by Gasteiger charge is 2.26. The number of aromatic nitrogens is 3. The maximum absolute atomic E-state index is 13.1. The van der Waals surface area contributed by atoms with Gasteiger partial charge in [-0.05, 0) is 50.6 Å². The van der Waals surface area contributed by atoms with E-state index in [9.17, 15) is 4.79 Å². The number of anilines is 1. The summed E-state index contributed by atoms with van der Waals surface area (Å²) in [6, 6.07) is 13.9. The van der Waals surface area contributed by atoms with Gasteiger partial charge in [0.2, 0.25) is 0 Å². The highest BCUT2D eigenvalue weighted by Crippen LogP contribution is 2.22. The standard InChI is InChI=1S/C22H24ClN5O/c1-15-7-8-20(16(2)13-15)28-24-17(3)21(25-28)22(29)27-11-9-26(10-12-27)19-6-4-5-18(23)14-19/h4-8,13-14H,9-12H2,1-3H3. The van der Waals surface area contributed by atoms with Crippen LogP contribution in [0.5, 0.6) is 0 Å². The molecule has 1 saturated heterocycles. The number of rotatable bonds is 3. The summed E-state index contributed by atoms with van der Waals surface area (Å²) in [5, 5.41) is 9.73. The van der Waals surface area contributed by atoms with Crippen molar-refractivity contribution in [3.8, 4) is 5.69 Å². The van der Waals surface area contributed by atoms with Gasteiger partial charge < -0.3 is 9.80 Å². The lowest BCUT2D eigenvalue weighted by atomic mass is 10.1. The largest absolute Gasteiger partial charge is 0.368 e. The Hall–Kier alpha value is -2.86. The summed E-state index contributed by atoms with van der Waals surface area (Å²) in [6.45, 7) is 8.71. The van der Waals surface area contributed by atoms with Crippen LogP contribution >= 0.6 is 11.6 Å². The summed E-state index contributed by atoms with van der Waals surface area (Å²) < 4.78 is 0. The molecule has 29 heavy (non-hydrogen) atoms. The van der Waals surface area contributed by atoms with E-state index in [0.717, 1.165) is 35.1 Å². The molecular weight excluding hydrogens is 386 g/mol. The minimum atomic E-state index is -0.0655. The van der Waals surface area contributed by atoms with Gasteiger partial charge >= 0.3 is 0 Å². The lowest BCUT2D eigenvalue weighted by Crippen LogP contribution is -2.49. The zero-order valence-corrected chi connectivity index (χ0v) is 17.6. The van der Waals surface area contributed by atoms with Crippen molar-refractivity contribution in [2.45, 2.75) is 20.8 Å². The van der Waals surface area contributed by atoms with Crippen LogP contribution in [0.3, 0.4) is 0 Å². The molecular formula is C22H24ClN5O. The molecule has 1 amide bonds. The number of amides is 1. The fraction of sp³-hybridized carbons (Fsp3) is 0.318. The quantitative estimate of drug-likeness (QED) is 0.660. The Morgan fingerprint density at radius 1 is 0.966 bits per heavy atom. The molecule has 1 aliphatic heterocycles. The van der Waals surface area contributed by atoms with Gasteiger partial charge in [0.05, 0.1) is 11.4 Å². The number of aryl methyl sites for hydroxylation is 3. The first-order chi connectivity index (χ1) is 13.9. The molecule has 150 valence electrons. The highest BCUT2D eigenvalue weighted by molar-refractivity contribution is 6.30. The van der Waals surface area contributed by atoms with Crippen molar-refractivity contribution in [3.63, 3.8) is 0 Å². The summed E-state index contributed by atoms with van der Waals surface area (Å²) in [5.74, 6) is -0.0655. The average Bonchev–Trinajstić information content (AvgIpc) is 3.09. The third kappa shape index (κ3) is 3.98. The van der Waals surface area contributed by atoms with Gasteiger partial charge in [0.1, 0.15) is 0 Å². The number of carbonyl (C=O) groups excluding carboxylic acids is 1. The van der Waals surface area contributed by atoms with E-state index in [1.165, 1.54) is 5.56 Å². The van der Waals surface area contributed by atoms with Crippen LogP contribution in [-0.4, -0.2) is 52.0 Å². The Morgan fingerprint density at radius 3 is 2.41 bits per heavy atom. The molecule has 0 aliphatic carbocycles. The number of halogens is 1. The van der Waals surface area contributed by atoms with Gasteiger partial charge in [0.25, 0.3) is 5.91 Å². The fourth-order valence-corrected chi connectivity index (χ4v) is 3.89. The molecule has 1 aliphatic rings. The first-order valence-corrected chi connectivity index (χ1v) is 10.1. The lowest BCUT2D eigenvalue weighted by molar-refractivity contribution is 0.0739. The molecule has 0 saturated carbocycles. The minimum absolute atomic E-state index is 0.0655. The van der Waals surface area contributed by atoms with Crippen LogP contribution in [0.25, 0.3) is 5.69 Å². The molecule has 2 aromatic carbocycles. The molecule has 0 radical (unpaired) electrons. The molecule has 2 heterocycles. The molecule has 3 aromatic rings. The summed E-state index contributed by atoms with van der Waals surface area (Å²) in [7, 11) is 0. The number of carbonyl (C=O) groups is 1. The second-order valence-corrected chi connectivity index (χ2v) is 7.91. The Labute approximate surface area is 175 Å². The fourth-order valence-electron chi connectivity index (χ4n) is 3.70. The van der Waals surface area contributed by atoms with Gasteiger partial charge in [0.15, 0.2) is 5.69 Å². The van der Waals surface area contributed by atoms with E-state index in [4.69, 9.17) is 11.6 Å². The first-order valence-electron chi connectivity index (χ1n) is 9.74. The maximum Gasteiger partial charge on any atom is 0.276 e. The van der Waals surface area contributed by atoms with Gasteiger partial charge in [0, 0.05) is 36.9 Å². The topological polar surface area (TPSA) is 54.3 Å². The van der Waals surface area contributed by atoms with E-state index < -0.39 is 0 Å². The lowest BCUT2D eigenvalue weighted by Gasteiger charge is -2.35. The van der Waals surface area contributed by atoms with Crippen LogP contribution < -0.4 is 4.90 Å². The van der Waals surface area contributed by atoms with Gasteiger partial charge in [-0.15, -0.1) is 5.10 Å². The monoisotopic (exact) mass is 409 g/mol. The van der Waals surface area contributed by atoms with Crippen LogP contribution in [0.1, 0.15) is 27.3 Å². The van der Waals surface area contributed by atoms with Crippen molar-refractivity contribution in [1.29, 1.82) is 0 Å². The highest BCUT2D eigenvalue weighted by atomic mass is 35.5. The second kappa shape index (κ2) is 7.87. The minimum Gasteiger partial charge on any atom is -0.368 e. The van der Waals surface area contributed by atoms with Crippen molar-refractivity contribution < 1.29 is 4.79 Å². The first kappa shape index (κ1) is 19.5. The number of hydrogen-bond donors (Lipinski definition) is 0. The molecule has 0 bridgehead atoms. The Kier molecular flexibility index (Phi) is 5.28. The van der Waals surface area contributed by atoms with Crippen LogP contribution in [-0.2, 0) is 0 Å². The molecule has 4 rings (SSSR count). The van der Waals surface area contributed by atoms with Crippen molar-refractivity contribution in [2.24, 2.45) is 0 Å².